The largest absolute Gasteiger partial charge is 0.494 e. The molecule has 5 nitrogen and oxygen atoms in total. The van der Waals surface area contributed by atoms with Gasteiger partial charge in [-0.3, -0.25) is 14.3 Å². The summed E-state index contributed by atoms with van der Waals surface area (Å²) in [6.07, 6.45) is 0.552. The van der Waals surface area contributed by atoms with Crippen LogP contribution < -0.4 is 11.2 Å². The van der Waals surface area contributed by atoms with Crippen LogP contribution in [0.4, 0.5) is 4.39 Å². The number of benzene rings is 1. The normalized spacial score (nSPS) is 10.7. The summed E-state index contributed by atoms with van der Waals surface area (Å²) in [4.78, 5) is 25.3. The molecule has 0 amide bonds. The Morgan fingerprint density at radius 2 is 2.00 bits per heavy atom. The minimum atomic E-state index is -0.693. The molecule has 0 bridgehead atoms. The predicted molar refractivity (Wildman–Crippen MR) is 72.5 cm³/mol. The van der Waals surface area contributed by atoms with Gasteiger partial charge in [-0.15, -0.1) is 0 Å². The summed E-state index contributed by atoms with van der Waals surface area (Å²) in [6, 6.07) is 6.23. The maximum absolute atomic E-state index is 13.5. The fourth-order valence-electron chi connectivity index (χ4n) is 2.06. The van der Waals surface area contributed by atoms with Gasteiger partial charge in [-0.2, -0.15) is 0 Å². The van der Waals surface area contributed by atoms with Crippen LogP contribution >= 0.6 is 0 Å². The highest BCUT2D eigenvalue weighted by molar-refractivity contribution is 5.23. The highest BCUT2D eigenvalue weighted by Crippen LogP contribution is 2.13. The number of aromatic amines is 1. The lowest BCUT2D eigenvalue weighted by atomic mass is 10.1. The van der Waals surface area contributed by atoms with E-state index in [2.05, 4.69) is 4.98 Å². The molecule has 1 heterocycles. The van der Waals surface area contributed by atoms with Crippen molar-refractivity contribution in [2.45, 2.75) is 26.3 Å². The van der Waals surface area contributed by atoms with Crippen molar-refractivity contribution >= 4 is 0 Å². The molecule has 0 atom stereocenters. The van der Waals surface area contributed by atoms with E-state index < -0.39 is 11.2 Å². The lowest BCUT2D eigenvalue weighted by Gasteiger charge is -2.10. The summed E-state index contributed by atoms with van der Waals surface area (Å²) < 4.78 is 14.5. The van der Waals surface area contributed by atoms with Gasteiger partial charge in [0.25, 0.3) is 5.56 Å². The van der Waals surface area contributed by atoms with E-state index in [1.54, 1.807) is 25.1 Å². The van der Waals surface area contributed by atoms with Crippen molar-refractivity contribution in [1.82, 2.24) is 9.55 Å². The fraction of sp³-hybridized carbons (Fsp3) is 0.286. The van der Waals surface area contributed by atoms with E-state index in [0.29, 0.717) is 12.0 Å². The summed E-state index contributed by atoms with van der Waals surface area (Å²) in [5.74, 6) is -0.710. The molecule has 0 saturated heterocycles. The average Bonchev–Trinajstić information content (AvgIpc) is 2.40. The second kappa shape index (κ2) is 5.73. The molecule has 20 heavy (non-hydrogen) atoms. The van der Waals surface area contributed by atoms with Crippen molar-refractivity contribution in [3.63, 3.8) is 0 Å². The number of aryl methyl sites for hydroxylation is 1. The monoisotopic (exact) mass is 278 g/mol. The van der Waals surface area contributed by atoms with E-state index in [1.807, 2.05) is 0 Å². The smallest absolute Gasteiger partial charge is 0.331 e. The Morgan fingerprint density at radius 3 is 2.65 bits per heavy atom. The Morgan fingerprint density at radius 1 is 1.30 bits per heavy atom. The van der Waals surface area contributed by atoms with Crippen molar-refractivity contribution in [3.05, 3.63) is 62.0 Å². The topological polar surface area (TPSA) is 75.1 Å². The second-order valence-electron chi connectivity index (χ2n) is 4.41. The van der Waals surface area contributed by atoms with Gasteiger partial charge in [0.2, 0.25) is 5.88 Å². The number of nitrogens with zero attached hydrogens (tertiary/aromatic N) is 1. The van der Waals surface area contributed by atoms with Gasteiger partial charge in [-0.1, -0.05) is 25.1 Å². The van der Waals surface area contributed by atoms with Gasteiger partial charge in [0.1, 0.15) is 5.82 Å². The van der Waals surface area contributed by atoms with Gasteiger partial charge >= 0.3 is 5.69 Å². The number of hydrogen-bond acceptors (Lipinski definition) is 3. The number of aromatic hydroxyl groups is 1. The summed E-state index contributed by atoms with van der Waals surface area (Å²) in [6.45, 7) is 1.80. The first-order valence-electron chi connectivity index (χ1n) is 6.33. The molecule has 0 aliphatic rings. The molecule has 106 valence electrons. The maximum Gasteiger partial charge on any atom is 0.331 e. The van der Waals surface area contributed by atoms with Crippen molar-refractivity contribution in [1.29, 1.82) is 0 Å². The highest BCUT2D eigenvalue weighted by atomic mass is 19.1. The molecule has 6 heteroatoms. The Bertz CT molecular complexity index is 734. The van der Waals surface area contributed by atoms with Crippen molar-refractivity contribution in [3.8, 4) is 5.88 Å². The Labute approximate surface area is 114 Å². The molecule has 0 fully saturated rings. The number of hydrogen-bond donors (Lipinski definition) is 2. The zero-order chi connectivity index (χ0) is 14.7. The van der Waals surface area contributed by atoms with Crippen LogP contribution in [-0.2, 0) is 19.4 Å². The van der Waals surface area contributed by atoms with Gasteiger partial charge in [0, 0.05) is 6.54 Å². The van der Waals surface area contributed by atoms with Crippen LogP contribution in [0, 0.1) is 5.82 Å². The van der Waals surface area contributed by atoms with Crippen LogP contribution in [0.2, 0.25) is 0 Å². The first kappa shape index (κ1) is 14.0. The maximum atomic E-state index is 13.5. The van der Waals surface area contributed by atoms with E-state index >= 15 is 0 Å². The molecule has 2 aromatic rings. The fourth-order valence-corrected chi connectivity index (χ4v) is 2.06. The van der Waals surface area contributed by atoms with E-state index in [4.69, 9.17) is 0 Å². The lowest BCUT2D eigenvalue weighted by Crippen LogP contribution is -2.32. The molecular formula is C14H15FN2O3. The summed E-state index contributed by atoms with van der Waals surface area (Å²) in [5.41, 5.74) is -0.681. The third kappa shape index (κ3) is 2.64. The molecule has 2 rings (SSSR count). The van der Waals surface area contributed by atoms with Crippen LogP contribution in [0.3, 0.4) is 0 Å². The van der Waals surface area contributed by atoms with Crippen LogP contribution in [-0.4, -0.2) is 14.7 Å². The number of H-pyrrole nitrogens is 1. The first-order chi connectivity index (χ1) is 9.54. The van der Waals surface area contributed by atoms with Gasteiger partial charge in [-0.25, -0.2) is 9.18 Å². The molecule has 2 N–H and O–H groups in total. The average molecular weight is 278 g/mol. The van der Waals surface area contributed by atoms with Gasteiger partial charge < -0.3 is 5.11 Å². The summed E-state index contributed by atoms with van der Waals surface area (Å²) >= 11 is 0. The minimum Gasteiger partial charge on any atom is -0.494 e. The van der Waals surface area contributed by atoms with Gasteiger partial charge in [0.05, 0.1) is 5.56 Å². The van der Waals surface area contributed by atoms with Crippen LogP contribution in [0.1, 0.15) is 18.1 Å². The SMILES string of the molecule is CCc1c(O)n(CCc2ccccc2F)c(=O)[nH]c1=O. The van der Waals surface area contributed by atoms with Gasteiger partial charge in [-0.05, 0) is 24.5 Å². The molecule has 0 aliphatic heterocycles. The molecule has 1 aromatic heterocycles. The lowest BCUT2D eigenvalue weighted by molar-refractivity contribution is 0.392. The number of halogens is 1. The van der Waals surface area contributed by atoms with E-state index in [1.165, 1.54) is 6.07 Å². The van der Waals surface area contributed by atoms with Crippen molar-refractivity contribution in [2.24, 2.45) is 0 Å². The highest BCUT2D eigenvalue weighted by Gasteiger charge is 2.12. The Hall–Kier alpha value is -2.37. The third-order valence-electron chi connectivity index (χ3n) is 3.18. The quantitative estimate of drug-likeness (QED) is 0.882. The molecule has 0 spiro atoms. The molecule has 0 unspecified atom stereocenters. The van der Waals surface area contributed by atoms with Crippen molar-refractivity contribution < 1.29 is 9.50 Å². The second-order valence-corrected chi connectivity index (χ2v) is 4.41. The zero-order valence-corrected chi connectivity index (χ0v) is 11.0. The molecule has 0 aliphatic carbocycles. The zero-order valence-electron chi connectivity index (χ0n) is 11.0. The van der Waals surface area contributed by atoms with Gasteiger partial charge in [0.15, 0.2) is 0 Å². The summed E-state index contributed by atoms with van der Waals surface area (Å²) in [5, 5.41) is 9.95. The molecular weight excluding hydrogens is 263 g/mol. The Balaban J connectivity index is 2.33. The summed E-state index contributed by atoms with van der Waals surface area (Å²) in [7, 11) is 0. The van der Waals surface area contributed by atoms with E-state index in [0.717, 1.165) is 4.57 Å². The first-order valence-corrected chi connectivity index (χ1v) is 6.33. The van der Waals surface area contributed by atoms with Crippen LogP contribution in [0.15, 0.2) is 33.9 Å². The number of rotatable bonds is 4. The Kier molecular flexibility index (Phi) is 4.02. The number of aromatic nitrogens is 2. The third-order valence-corrected chi connectivity index (χ3v) is 3.18. The molecule has 0 radical (unpaired) electrons. The minimum absolute atomic E-state index is 0.0926. The molecule has 0 saturated carbocycles. The standard InChI is InChI=1S/C14H15FN2O3/c1-2-10-12(18)16-14(20)17(13(10)19)8-7-9-5-3-4-6-11(9)15/h3-6,19H,2,7-8H2,1H3,(H,16,18,20). The van der Waals surface area contributed by atoms with Crippen LogP contribution in [0.5, 0.6) is 5.88 Å². The van der Waals surface area contributed by atoms with Crippen molar-refractivity contribution in [2.75, 3.05) is 0 Å². The number of nitrogens with one attached hydrogen (secondary N) is 1. The van der Waals surface area contributed by atoms with Crippen LogP contribution in [0.25, 0.3) is 0 Å². The van der Waals surface area contributed by atoms with E-state index in [9.17, 15) is 19.1 Å². The molecule has 1 aromatic carbocycles. The van der Waals surface area contributed by atoms with E-state index in [-0.39, 0.29) is 30.2 Å². The predicted octanol–water partition coefficient (Wildman–Crippen LogP) is 1.19.